The molecule has 9 nitrogen and oxygen atoms in total. The molecule has 4 aromatic heterocycles. The summed E-state index contributed by atoms with van der Waals surface area (Å²) in [7, 11) is 3.07. The Morgan fingerprint density at radius 2 is 1.92 bits per heavy atom. The Morgan fingerprint density at radius 1 is 1.15 bits per heavy atom. The SMILES string of the molecule is COc1cnn(C(C)C)c1-c1nc(NCc2ccc(-c3nc(C(F)(F)F)cn3C)nc2)c2c(c1C#N)CCC2. The molecular weight excluding hydrogens is 509 g/mol. The van der Waals surface area contributed by atoms with E-state index in [0.29, 0.717) is 40.8 Å². The molecule has 0 aliphatic heterocycles. The van der Waals surface area contributed by atoms with Gasteiger partial charge in [-0.1, -0.05) is 6.07 Å². The summed E-state index contributed by atoms with van der Waals surface area (Å²) >= 11 is 0. The number of alkyl halides is 3. The number of rotatable bonds is 7. The van der Waals surface area contributed by atoms with Crippen molar-refractivity contribution >= 4 is 5.82 Å². The Balaban J connectivity index is 1.46. The number of nitriles is 1. The highest BCUT2D eigenvalue weighted by Crippen LogP contribution is 2.40. The van der Waals surface area contributed by atoms with Crippen LogP contribution in [-0.4, -0.2) is 36.4 Å². The maximum atomic E-state index is 13.0. The van der Waals surface area contributed by atoms with Crippen LogP contribution in [0.1, 0.15) is 54.3 Å². The van der Waals surface area contributed by atoms with E-state index >= 15 is 0 Å². The minimum Gasteiger partial charge on any atom is -0.493 e. The Hall–Kier alpha value is -4.40. The molecular formula is C27H27F3N8O. The van der Waals surface area contributed by atoms with Crippen molar-refractivity contribution in [3.8, 4) is 34.7 Å². The summed E-state index contributed by atoms with van der Waals surface area (Å²) in [6.07, 6.45) is 2.16. The first-order valence-electron chi connectivity index (χ1n) is 12.5. The van der Waals surface area contributed by atoms with Gasteiger partial charge in [0.1, 0.15) is 29.0 Å². The summed E-state index contributed by atoms with van der Waals surface area (Å²) < 4.78 is 47.8. The molecule has 0 bridgehead atoms. The van der Waals surface area contributed by atoms with Crippen LogP contribution in [0.5, 0.6) is 5.75 Å². The number of methoxy groups -OCH3 is 1. The molecule has 5 rings (SSSR count). The van der Waals surface area contributed by atoms with Gasteiger partial charge in [-0.15, -0.1) is 0 Å². The van der Waals surface area contributed by atoms with Gasteiger partial charge in [0.25, 0.3) is 0 Å². The molecule has 1 aliphatic rings. The van der Waals surface area contributed by atoms with E-state index in [9.17, 15) is 18.4 Å². The molecule has 1 aliphatic carbocycles. The molecule has 1 N–H and O–H groups in total. The molecule has 0 atom stereocenters. The smallest absolute Gasteiger partial charge is 0.434 e. The van der Waals surface area contributed by atoms with Crippen LogP contribution in [0.2, 0.25) is 0 Å². The fraction of sp³-hybridized carbons (Fsp3) is 0.370. The maximum absolute atomic E-state index is 13.0. The van der Waals surface area contributed by atoms with E-state index in [2.05, 4.69) is 26.5 Å². The zero-order valence-electron chi connectivity index (χ0n) is 22.0. The first kappa shape index (κ1) is 26.2. The van der Waals surface area contributed by atoms with Crippen LogP contribution in [-0.2, 0) is 32.6 Å². The first-order chi connectivity index (χ1) is 18.6. The molecule has 202 valence electrons. The average Bonchev–Trinajstić information content (AvgIpc) is 3.65. The molecule has 4 aromatic rings. The monoisotopic (exact) mass is 536 g/mol. The normalized spacial score (nSPS) is 13.0. The van der Waals surface area contributed by atoms with Crippen LogP contribution < -0.4 is 10.1 Å². The highest BCUT2D eigenvalue weighted by atomic mass is 19.4. The van der Waals surface area contributed by atoms with Crippen molar-refractivity contribution in [2.45, 2.75) is 51.9 Å². The molecule has 0 unspecified atom stereocenters. The number of hydrogen-bond donors (Lipinski definition) is 1. The van der Waals surface area contributed by atoms with Crippen LogP contribution in [0, 0.1) is 11.3 Å². The van der Waals surface area contributed by atoms with Crippen molar-refractivity contribution in [2.75, 3.05) is 12.4 Å². The number of imidazole rings is 1. The Bertz CT molecular complexity index is 1560. The third kappa shape index (κ3) is 4.80. The van der Waals surface area contributed by atoms with Gasteiger partial charge in [0.05, 0.1) is 18.9 Å². The molecule has 12 heteroatoms. The summed E-state index contributed by atoms with van der Waals surface area (Å²) in [5, 5.41) is 17.9. The third-order valence-electron chi connectivity index (χ3n) is 6.75. The lowest BCUT2D eigenvalue weighted by Gasteiger charge is -2.18. The molecule has 39 heavy (non-hydrogen) atoms. The summed E-state index contributed by atoms with van der Waals surface area (Å²) in [5.74, 6) is 1.35. The van der Waals surface area contributed by atoms with Gasteiger partial charge in [0, 0.05) is 32.0 Å². The number of nitrogens with zero attached hydrogens (tertiary/aromatic N) is 7. The quantitative estimate of drug-likeness (QED) is 0.341. The van der Waals surface area contributed by atoms with Gasteiger partial charge < -0.3 is 14.6 Å². The number of halogens is 3. The number of fused-ring (bicyclic) bond motifs is 1. The number of ether oxygens (including phenoxy) is 1. The predicted octanol–water partition coefficient (Wildman–Crippen LogP) is 5.32. The van der Waals surface area contributed by atoms with Crippen LogP contribution in [0.15, 0.2) is 30.7 Å². The highest BCUT2D eigenvalue weighted by Gasteiger charge is 2.34. The molecule has 0 fully saturated rings. The average molecular weight is 537 g/mol. The highest BCUT2D eigenvalue weighted by molar-refractivity contribution is 5.75. The van der Waals surface area contributed by atoms with E-state index < -0.39 is 11.9 Å². The summed E-state index contributed by atoms with van der Waals surface area (Å²) in [5.41, 5.74) is 3.90. The lowest BCUT2D eigenvalue weighted by Crippen LogP contribution is -2.11. The zero-order chi connectivity index (χ0) is 27.9. The second-order valence-electron chi connectivity index (χ2n) is 9.67. The van der Waals surface area contributed by atoms with Gasteiger partial charge in [-0.25, -0.2) is 9.97 Å². The van der Waals surface area contributed by atoms with E-state index in [1.165, 1.54) is 11.6 Å². The standard InChI is InChI=1S/C27H27F3N8O/c1-15(2)38-24(21(39-4)13-34-38)23-19(10-31)17-6-5-7-18(17)25(36-23)33-12-16-8-9-20(32-11-16)26-35-22(14-37(26)3)27(28,29)30/h8-9,11,13-15H,5-7,12H2,1-4H3,(H,33,36). The molecule has 0 spiro atoms. The number of anilines is 1. The molecule has 0 aromatic carbocycles. The second-order valence-corrected chi connectivity index (χ2v) is 9.67. The molecule has 0 saturated heterocycles. The van der Waals surface area contributed by atoms with Crippen molar-refractivity contribution in [3.05, 3.63) is 58.7 Å². The third-order valence-corrected chi connectivity index (χ3v) is 6.75. The van der Waals surface area contributed by atoms with Crippen molar-refractivity contribution in [1.82, 2.24) is 29.3 Å². The van der Waals surface area contributed by atoms with E-state index in [-0.39, 0.29) is 11.9 Å². The van der Waals surface area contributed by atoms with Gasteiger partial charge in [0.2, 0.25) is 0 Å². The van der Waals surface area contributed by atoms with E-state index in [1.54, 1.807) is 36.3 Å². The number of aryl methyl sites for hydroxylation is 1. The zero-order valence-corrected chi connectivity index (χ0v) is 22.0. The molecule has 0 amide bonds. The molecule has 0 radical (unpaired) electrons. The Morgan fingerprint density at radius 3 is 2.54 bits per heavy atom. The number of aromatic nitrogens is 6. The topological polar surface area (TPSA) is 106 Å². The lowest BCUT2D eigenvalue weighted by atomic mass is 10.0. The van der Waals surface area contributed by atoms with Crippen molar-refractivity contribution < 1.29 is 17.9 Å². The van der Waals surface area contributed by atoms with E-state index in [0.717, 1.165) is 42.1 Å². The molecule has 4 heterocycles. The number of hydrogen-bond acceptors (Lipinski definition) is 7. The second kappa shape index (κ2) is 10.1. The number of pyridine rings is 2. The maximum Gasteiger partial charge on any atom is 0.434 e. The van der Waals surface area contributed by atoms with Crippen LogP contribution >= 0.6 is 0 Å². The van der Waals surface area contributed by atoms with E-state index in [1.807, 2.05) is 13.8 Å². The first-order valence-corrected chi connectivity index (χ1v) is 12.5. The van der Waals surface area contributed by atoms with Crippen molar-refractivity contribution in [3.63, 3.8) is 0 Å². The minimum absolute atomic E-state index is 0.0254. The predicted molar refractivity (Wildman–Crippen MR) is 138 cm³/mol. The van der Waals surface area contributed by atoms with Crippen molar-refractivity contribution in [1.29, 1.82) is 5.26 Å². The fourth-order valence-electron chi connectivity index (χ4n) is 4.90. The van der Waals surface area contributed by atoms with E-state index in [4.69, 9.17) is 9.72 Å². The van der Waals surface area contributed by atoms with Crippen molar-refractivity contribution in [2.24, 2.45) is 7.05 Å². The van der Waals surface area contributed by atoms with Gasteiger partial charge >= 0.3 is 6.18 Å². The van der Waals surface area contributed by atoms with Gasteiger partial charge in [-0.05, 0) is 55.9 Å². The summed E-state index contributed by atoms with van der Waals surface area (Å²) in [4.78, 5) is 13.0. The largest absolute Gasteiger partial charge is 0.493 e. The van der Waals surface area contributed by atoms with Crippen LogP contribution in [0.25, 0.3) is 22.9 Å². The molecule has 0 saturated carbocycles. The van der Waals surface area contributed by atoms with Gasteiger partial charge in [-0.2, -0.15) is 23.5 Å². The van der Waals surface area contributed by atoms with Gasteiger partial charge in [-0.3, -0.25) is 9.67 Å². The number of nitrogens with one attached hydrogen (secondary N) is 1. The minimum atomic E-state index is -4.52. The fourth-order valence-corrected chi connectivity index (χ4v) is 4.90. The van der Waals surface area contributed by atoms with Gasteiger partial charge in [0.15, 0.2) is 17.3 Å². The summed E-state index contributed by atoms with van der Waals surface area (Å²) in [6.45, 7) is 4.38. The summed E-state index contributed by atoms with van der Waals surface area (Å²) in [6, 6.07) is 5.83. The Labute approximate surface area is 223 Å². The lowest BCUT2D eigenvalue weighted by molar-refractivity contribution is -0.140. The van der Waals surface area contributed by atoms with Crippen LogP contribution in [0.3, 0.4) is 0 Å². The van der Waals surface area contributed by atoms with Crippen LogP contribution in [0.4, 0.5) is 19.0 Å². The Kier molecular flexibility index (Phi) is 6.76.